The van der Waals surface area contributed by atoms with Crippen molar-refractivity contribution >= 4 is 5.91 Å². The van der Waals surface area contributed by atoms with E-state index in [1.165, 1.54) is 18.1 Å². The van der Waals surface area contributed by atoms with Gasteiger partial charge in [0.05, 0.1) is 20.3 Å². The lowest BCUT2D eigenvalue weighted by atomic mass is 10.0. The molecule has 0 saturated carbocycles. The Morgan fingerprint density at radius 1 is 1.05 bits per heavy atom. The molecule has 2 heterocycles. The lowest BCUT2D eigenvalue weighted by Crippen LogP contribution is -2.52. The molecule has 3 aromatic rings. The molecule has 1 atom stereocenters. The van der Waals surface area contributed by atoms with Gasteiger partial charge in [0.2, 0.25) is 5.91 Å². The van der Waals surface area contributed by atoms with Crippen LogP contribution in [0.4, 0.5) is 8.78 Å². The highest BCUT2D eigenvalue weighted by atomic mass is 19.2. The number of carbonyl (C=O) groups excluding carboxylic acids is 1. The SMILES string of the molecule is CCc1nccn1CCCOc1ccc(CN2CCN(C(=O)COC)CC(O)(COc3ccc(F)c(F)c3)C2)cc1OC. The van der Waals surface area contributed by atoms with Crippen molar-refractivity contribution in [2.24, 2.45) is 0 Å². The molecule has 1 aliphatic rings. The summed E-state index contributed by atoms with van der Waals surface area (Å²) in [7, 11) is 3.02. The van der Waals surface area contributed by atoms with E-state index in [2.05, 4.69) is 16.5 Å². The number of imidazole rings is 1. The summed E-state index contributed by atoms with van der Waals surface area (Å²) >= 11 is 0. The number of rotatable bonds is 14. The number of carbonyl (C=O) groups is 1. The van der Waals surface area contributed by atoms with Crippen LogP contribution in [0.2, 0.25) is 0 Å². The molecule has 1 amide bonds. The van der Waals surface area contributed by atoms with Gasteiger partial charge in [0.25, 0.3) is 0 Å². The number of ether oxygens (including phenoxy) is 4. The number of halogens is 2. The third kappa shape index (κ3) is 8.88. The summed E-state index contributed by atoms with van der Waals surface area (Å²) in [6.07, 6.45) is 5.46. The number of aliphatic hydroxyl groups is 1. The number of hydrogen-bond donors (Lipinski definition) is 1. The largest absolute Gasteiger partial charge is 0.493 e. The predicted octanol–water partition coefficient (Wildman–Crippen LogP) is 3.30. The normalized spacial score (nSPS) is 17.5. The maximum atomic E-state index is 13.7. The van der Waals surface area contributed by atoms with Crippen LogP contribution in [-0.4, -0.2) is 96.2 Å². The highest BCUT2D eigenvalue weighted by Crippen LogP contribution is 2.29. The van der Waals surface area contributed by atoms with Crippen LogP contribution in [0.3, 0.4) is 0 Å². The second kappa shape index (κ2) is 15.1. The molecule has 12 heteroatoms. The number of benzene rings is 2. The standard InChI is InChI=1S/C31H40F2N4O6/c1-4-29-34-10-12-36(29)11-5-15-42-27-9-6-23(16-28(27)41-3)18-35-13-14-37(30(38)19-40-2)21-31(39,20-35)22-43-24-7-8-25(32)26(33)17-24/h6-10,12,16-17,39H,4-5,11,13-15,18-22H2,1-3H3. The Labute approximate surface area is 250 Å². The van der Waals surface area contributed by atoms with Crippen molar-refractivity contribution in [3.05, 3.63) is 71.8 Å². The molecule has 1 fully saturated rings. The van der Waals surface area contributed by atoms with Crippen LogP contribution < -0.4 is 14.2 Å². The third-order valence-electron chi connectivity index (χ3n) is 7.26. The quantitative estimate of drug-likeness (QED) is 0.281. The first-order valence-electron chi connectivity index (χ1n) is 14.3. The van der Waals surface area contributed by atoms with E-state index < -0.39 is 17.2 Å². The van der Waals surface area contributed by atoms with Gasteiger partial charge < -0.3 is 33.5 Å². The maximum absolute atomic E-state index is 13.7. The van der Waals surface area contributed by atoms with Crippen LogP contribution >= 0.6 is 0 Å². The van der Waals surface area contributed by atoms with E-state index in [9.17, 15) is 18.7 Å². The molecule has 1 aromatic heterocycles. The summed E-state index contributed by atoms with van der Waals surface area (Å²) in [6, 6.07) is 8.89. The summed E-state index contributed by atoms with van der Waals surface area (Å²) in [6.45, 7) is 4.51. The molecule has 10 nitrogen and oxygen atoms in total. The second-order valence-electron chi connectivity index (χ2n) is 10.6. The number of hydrogen-bond acceptors (Lipinski definition) is 8. The van der Waals surface area contributed by atoms with Crippen LogP contribution in [0.25, 0.3) is 0 Å². The van der Waals surface area contributed by atoms with E-state index in [-0.39, 0.29) is 38.0 Å². The Balaban J connectivity index is 1.41. The zero-order chi connectivity index (χ0) is 30.8. The number of methoxy groups -OCH3 is 2. The van der Waals surface area contributed by atoms with Crippen molar-refractivity contribution in [3.8, 4) is 17.2 Å². The van der Waals surface area contributed by atoms with Crippen molar-refractivity contribution in [2.75, 3.05) is 60.2 Å². The minimum Gasteiger partial charge on any atom is -0.493 e. The van der Waals surface area contributed by atoms with Crippen molar-refractivity contribution in [1.29, 1.82) is 0 Å². The zero-order valence-corrected chi connectivity index (χ0v) is 24.9. The molecule has 0 radical (unpaired) electrons. The predicted molar refractivity (Wildman–Crippen MR) is 155 cm³/mol. The van der Waals surface area contributed by atoms with Crippen LogP contribution in [0.5, 0.6) is 17.2 Å². The molecule has 1 aliphatic heterocycles. The molecule has 1 N–H and O–H groups in total. The molecular weight excluding hydrogens is 562 g/mol. The van der Waals surface area contributed by atoms with Crippen molar-refractivity contribution in [2.45, 2.75) is 38.5 Å². The number of nitrogens with zero attached hydrogens (tertiary/aromatic N) is 4. The summed E-state index contributed by atoms with van der Waals surface area (Å²) in [5, 5.41) is 11.6. The van der Waals surface area contributed by atoms with E-state index in [4.69, 9.17) is 18.9 Å². The Kier molecular flexibility index (Phi) is 11.3. The van der Waals surface area contributed by atoms with Gasteiger partial charge in [0.1, 0.15) is 30.4 Å². The Hall–Kier alpha value is -3.74. The fourth-order valence-electron chi connectivity index (χ4n) is 5.14. The Bertz CT molecular complexity index is 1360. The summed E-state index contributed by atoms with van der Waals surface area (Å²) in [4.78, 5) is 20.6. The molecule has 0 spiro atoms. The van der Waals surface area contributed by atoms with E-state index in [1.807, 2.05) is 29.3 Å². The first-order chi connectivity index (χ1) is 20.7. The van der Waals surface area contributed by atoms with Crippen LogP contribution in [0.15, 0.2) is 48.8 Å². The molecule has 4 rings (SSSR count). The molecular formula is C31H40F2N4O6. The van der Waals surface area contributed by atoms with E-state index >= 15 is 0 Å². The third-order valence-corrected chi connectivity index (χ3v) is 7.26. The lowest BCUT2D eigenvalue weighted by Gasteiger charge is -2.33. The lowest BCUT2D eigenvalue weighted by molar-refractivity contribution is -0.138. The Morgan fingerprint density at radius 3 is 2.63 bits per heavy atom. The minimum absolute atomic E-state index is 0.00963. The second-order valence-corrected chi connectivity index (χ2v) is 10.6. The monoisotopic (exact) mass is 602 g/mol. The number of aryl methyl sites for hydroxylation is 2. The molecule has 2 aromatic carbocycles. The highest BCUT2D eigenvalue weighted by molar-refractivity contribution is 5.77. The van der Waals surface area contributed by atoms with Gasteiger partial charge in [-0.15, -0.1) is 0 Å². The van der Waals surface area contributed by atoms with Gasteiger partial charge in [-0.05, 0) is 36.2 Å². The van der Waals surface area contributed by atoms with Gasteiger partial charge in [-0.3, -0.25) is 9.69 Å². The van der Waals surface area contributed by atoms with Crippen LogP contribution in [0, 0.1) is 11.6 Å². The average Bonchev–Trinajstić information content (AvgIpc) is 3.38. The van der Waals surface area contributed by atoms with Gasteiger partial charge in [-0.25, -0.2) is 13.8 Å². The fraction of sp³-hybridized carbons (Fsp3) is 0.484. The maximum Gasteiger partial charge on any atom is 0.248 e. The van der Waals surface area contributed by atoms with Gasteiger partial charge in [0.15, 0.2) is 23.1 Å². The smallest absolute Gasteiger partial charge is 0.248 e. The van der Waals surface area contributed by atoms with Crippen molar-refractivity contribution < 1.29 is 37.6 Å². The number of amides is 1. The van der Waals surface area contributed by atoms with Crippen molar-refractivity contribution in [1.82, 2.24) is 19.4 Å². The van der Waals surface area contributed by atoms with E-state index in [0.29, 0.717) is 37.7 Å². The average molecular weight is 603 g/mol. The summed E-state index contributed by atoms with van der Waals surface area (Å²) < 4.78 is 51.5. The van der Waals surface area contributed by atoms with Crippen LogP contribution in [-0.2, 0) is 29.0 Å². The minimum atomic E-state index is -1.50. The van der Waals surface area contributed by atoms with E-state index in [0.717, 1.165) is 42.9 Å². The molecule has 0 aliphatic carbocycles. The Morgan fingerprint density at radius 2 is 1.88 bits per heavy atom. The number of aromatic nitrogens is 2. The summed E-state index contributed by atoms with van der Waals surface area (Å²) in [5.41, 5.74) is -0.569. The highest BCUT2D eigenvalue weighted by Gasteiger charge is 2.37. The van der Waals surface area contributed by atoms with Gasteiger partial charge >= 0.3 is 0 Å². The molecule has 1 saturated heterocycles. The van der Waals surface area contributed by atoms with Crippen molar-refractivity contribution in [3.63, 3.8) is 0 Å². The van der Waals surface area contributed by atoms with Gasteiger partial charge in [-0.2, -0.15) is 0 Å². The molecule has 43 heavy (non-hydrogen) atoms. The fourth-order valence-corrected chi connectivity index (χ4v) is 5.14. The topological polar surface area (TPSA) is 98.5 Å². The first-order valence-corrected chi connectivity index (χ1v) is 14.3. The summed E-state index contributed by atoms with van der Waals surface area (Å²) in [5.74, 6) is 0.0505. The number of β-amino-alcohol motifs (C(OH)–C–C–N with tert-alkyl or cyclic N) is 1. The van der Waals surface area contributed by atoms with Gasteiger partial charge in [-0.1, -0.05) is 13.0 Å². The van der Waals surface area contributed by atoms with E-state index in [1.54, 1.807) is 13.3 Å². The molecule has 1 unspecified atom stereocenters. The zero-order valence-electron chi connectivity index (χ0n) is 24.9. The van der Waals surface area contributed by atoms with Gasteiger partial charge in [0, 0.05) is 64.7 Å². The molecule has 0 bridgehead atoms. The molecule has 234 valence electrons. The first kappa shape index (κ1) is 32.2. The van der Waals surface area contributed by atoms with Crippen LogP contribution in [0.1, 0.15) is 24.7 Å².